The fourth-order valence-electron chi connectivity index (χ4n) is 4.28. The summed E-state index contributed by atoms with van der Waals surface area (Å²) in [7, 11) is 0. The molecule has 1 aromatic carbocycles. The van der Waals surface area contributed by atoms with Crippen molar-refractivity contribution >= 4 is 6.08 Å². The zero-order chi connectivity index (χ0) is 14.5. The molecule has 0 unspecified atom stereocenters. The summed E-state index contributed by atoms with van der Waals surface area (Å²) in [6.45, 7) is 8.96. The molecular weight excluding hydrogens is 244 g/mol. The van der Waals surface area contributed by atoms with Gasteiger partial charge in [0.05, 0.1) is 6.10 Å². The highest BCUT2D eigenvalue weighted by molar-refractivity contribution is 5.65. The van der Waals surface area contributed by atoms with Gasteiger partial charge in [-0.3, -0.25) is 0 Å². The molecule has 0 radical (unpaired) electrons. The highest BCUT2D eigenvalue weighted by Crippen LogP contribution is 2.47. The van der Waals surface area contributed by atoms with Crippen LogP contribution in [0.2, 0.25) is 0 Å². The molecule has 1 heteroatoms. The second kappa shape index (κ2) is 4.73. The van der Waals surface area contributed by atoms with Gasteiger partial charge in [0.1, 0.15) is 0 Å². The van der Waals surface area contributed by atoms with Crippen LogP contribution in [0.15, 0.2) is 17.7 Å². The largest absolute Gasteiger partial charge is 0.389 e. The molecule has 0 heterocycles. The lowest BCUT2D eigenvalue weighted by Gasteiger charge is -2.38. The minimum atomic E-state index is -0.293. The van der Waals surface area contributed by atoms with Crippen molar-refractivity contribution < 1.29 is 5.11 Å². The smallest absolute Gasteiger partial charge is 0.0764 e. The Bertz CT molecular complexity index is 567. The van der Waals surface area contributed by atoms with Gasteiger partial charge >= 0.3 is 0 Å². The van der Waals surface area contributed by atoms with E-state index in [1.165, 1.54) is 41.5 Å². The number of rotatable bonds is 1. The van der Waals surface area contributed by atoms with Crippen molar-refractivity contribution in [3.63, 3.8) is 0 Å². The number of aliphatic hydroxyl groups excluding tert-OH is 1. The van der Waals surface area contributed by atoms with Crippen molar-refractivity contribution in [3.8, 4) is 0 Å². The van der Waals surface area contributed by atoms with Crippen molar-refractivity contribution in [1.29, 1.82) is 0 Å². The maximum Gasteiger partial charge on any atom is 0.0764 e. The lowest BCUT2D eigenvalue weighted by Crippen LogP contribution is -2.32. The second-order valence-electron chi connectivity index (χ2n) is 7.26. The van der Waals surface area contributed by atoms with Crippen molar-refractivity contribution in [1.82, 2.24) is 0 Å². The fraction of sp³-hybridized carbons (Fsp3) is 0.579. The summed E-state index contributed by atoms with van der Waals surface area (Å²) in [6, 6.07) is 4.52. The van der Waals surface area contributed by atoms with Gasteiger partial charge in [-0.2, -0.15) is 0 Å². The summed E-state index contributed by atoms with van der Waals surface area (Å²) < 4.78 is 0. The molecular formula is C19H26O. The van der Waals surface area contributed by atoms with E-state index in [0.29, 0.717) is 5.92 Å². The fourth-order valence-corrected chi connectivity index (χ4v) is 4.28. The van der Waals surface area contributed by atoms with E-state index in [4.69, 9.17) is 0 Å². The Kier molecular flexibility index (Phi) is 3.29. The summed E-state index contributed by atoms with van der Waals surface area (Å²) in [5.41, 5.74) is 7.19. The van der Waals surface area contributed by atoms with Gasteiger partial charge in [-0.1, -0.05) is 39.0 Å². The molecule has 0 saturated heterocycles. The van der Waals surface area contributed by atoms with Crippen molar-refractivity contribution in [2.45, 2.75) is 64.9 Å². The molecule has 0 spiro atoms. The molecule has 0 amide bonds. The third kappa shape index (κ3) is 2.03. The van der Waals surface area contributed by atoms with Gasteiger partial charge in [0, 0.05) is 0 Å². The molecule has 1 N–H and O–H groups in total. The van der Waals surface area contributed by atoms with Gasteiger partial charge in [0.2, 0.25) is 0 Å². The molecule has 1 aromatic rings. The molecule has 0 saturated carbocycles. The van der Waals surface area contributed by atoms with Gasteiger partial charge < -0.3 is 5.11 Å². The molecule has 2 aliphatic rings. The van der Waals surface area contributed by atoms with E-state index >= 15 is 0 Å². The Morgan fingerprint density at radius 3 is 2.75 bits per heavy atom. The Morgan fingerprint density at radius 2 is 2.05 bits per heavy atom. The summed E-state index contributed by atoms with van der Waals surface area (Å²) in [5, 5.41) is 10.7. The van der Waals surface area contributed by atoms with E-state index in [9.17, 15) is 5.11 Å². The first-order valence-corrected chi connectivity index (χ1v) is 7.95. The molecule has 2 aliphatic carbocycles. The Hall–Kier alpha value is -1.08. The third-order valence-corrected chi connectivity index (χ3v) is 5.36. The maximum absolute atomic E-state index is 10.7. The number of hydrogen-bond donors (Lipinski definition) is 1. The predicted octanol–water partition coefficient (Wildman–Crippen LogP) is 4.39. The molecule has 0 aliphatic heterocycles. The van der Waals surface area contributed by atoms with Gasteiger partial charge in [-0.25, -0.2) is 0 Å². The van der Waals surface area contributed by atoms with Crippen LogP contribution in [0.1, 0.15) is 62.3 Å². The number of aliphatic hydroxyl groups is 1. The Balaban J connectivity index is 2.25. The van der Waals surface area contributed by atoms with Gasteiger partial charge in [-0.05, 0) is 71.8 Å². The first-order chi connectivity index (χ1) is 9.42. The average Bonchev–Trinajstić information content (AvgIpc) is 2.48. The number of benzene rings is 1. The van der Waals surface area contributed by atoms with Crippen LogP contribution >= 0.6 is 0 Å². The molecule has 3 rings (SSSR count). The second-order valence-corrected chi connectivity index (χ2v) is 7.26. The van der Waals surface area contributed by atoms with Crippen LogP contribution < -0.4 is 0 Å². The zero-order valence-electron chi connectivity index (χ0n) is 13.2. The molecule has 2 atom stereocenters. The van der Waals surface area contributed by atoms with Gasteiger partial charge in [0.25, 0.3) is 0 Å². The van der Waals surface area contributed by atoms with Crippen LogP contribution in [0.3, 0.4) is 0 Å². The summed E-state index contributed by atoms with van der Waals surface area (Å²) in [5.74, 6) is 0.408. The summed E-state index contributed by atoms with van der Waals surface area (Å²) in [6.07, 6.45) is 6.50. The maximum atomic E-state index is 10.7. The minimum absolute atomic E-state index is 0.140. The van der Waals surface area contributed by atoms with E-state index in [2.05, 4.69) is 45.9 Å². The van der Waals surface area contributed by atoms with Crippen LogP contribution in [0, 0.1) is 12.8 Å². The lowest BCUT2D eigenvalue weighted by molar-refractivity contribution is 0.153. The van der Waals surface area contributed by atoms with Gasteiger partial charge in [0.15, 0.2) is 0 Å². The summed E-state index contributed by atoms with van der Waals surface area (Å²) >= 11 is 0. The van der Waals surface area contributed by atoms with E-state index in [1.54, 1.807) is 5.56 Å². The molecule has 1 nitrogen and oxygen atoms in total. The van der Waals surface area contributed by atoms with Crippen molar-refractivity contribution in [2.75, 3.05) is 0 Å². The predicted molar refractivity (Wildman–Crippen MR) is 84.9 cm³/mol. The first-order valence-electron chi connectivity index (χ1n) is 7.95. The quantitative estimate of drug-likeness (QED) is 0.802. The standard InChI is InChI=1S/C19H26O/c1-12(2)16-10-14-8-7-13(3)15-6-5-9-19(4,18(14)15)11-17(16)20/h7-8,10,12,17,20H,5-6,9,11H2,1-4H3/t17-,19+/m1/s1. The zero-order valence-corrected chi connectivity index (χ0v) is 13.2. The lowest BCUT2D eigenvalue weighted by atomic mass is 9.66. The highest BCUT2D eigenvalue weighted by Gasteiger charge is 2.39. The van der Waals surface area contributed by atoms with E-state index in [1.807, 2.05) is 0 Å². The Morgan fingerprint density at radius 1 is 1.30 bits per heavy atom. The van der Waals surface area contributed by atoms with Crippen LogP contribution in [-0.2, 0) is 11.8 Å². The number of aryl methyl sites for hydroxylation is 1. The minimum Gasteiger partial charge on any atom is -0.389 e. The van der Waals surface area contributed by atoms with E-state index in [-0.39, 0.29) is 11.5 Å². The summed E-state index contributed by atoms with van der Waals surface area (Å²) in [4.78, 5) is 0. The van der Waals surface area contributed by atoms with E-state index in [0.717, 1.165) is 6.42 Å². The monoisotopic (exact) mass is 270 g/mol. The molecule has 108 valence electrons. The van der Waals surface area contributed by atoms with E-state index < -0.39 is 0 Å². The van der Waals surface area contributed by atoms with Crippen LogP contribution in [0.4, 0.5) is 0 Å². The van der Waals surface area contributed by atoms with Crippen LogP contribution in [0.25, 0.3) is 6.08 Å². The molecule has 0 bridgehead atoms. The average molecular weight is 270 g/mol. The van der Waals surface area contributed by atoms with Crippen molar-refractivity contribution in [2.24, 2.45) is 5.92 Å². The molecule has 20 heavy (non-hydrogen) atoms. The first kappa shape index (κ1) is 13.9. The van der Waals surface area contributed by atoms with Gasteiger partial charge in [-0.15, -0.1) is 0 Å². The topological polar surface area (TPSA) is 20.2 Å². The third-order valence-electron chi connectivity index (χ3n) is 5.36. The SMILES string of the molecule is Cc1ccc2c3c1CCC[C@@]3(C)C[C@@H](O)C(C(C)C)=C2. The van der Waals surface area contributed by atoms with Crippen molar-refractivity contribution in [3.05, 3.63) is 40.0 Å². The molecule has 0 aromatic heterocycles. The van der Waals surface area contributed by atoms with Crippen LogP contribution in [-0.4, -0.2) is 11.2 Å². The molecule has 0 fully saturated rings. The normalized spacial score (nSPS) is 28.9. The Labute approximate surface area is 122 Å². The number of hydrogen-bond acceptors (Lipinski definition) is 1. The highest BCUT2D eigenvalue weighted by atomic mass is 16.3. The van der Waals surface area contributed by atoms with Crippen LogP contribution in [0.5, 0.6) is 0 Å².